The van der Waals surface area contributed by atoms with E-state index in [4.69, 9.17) is 38.3 Å². The Morgan fingerprint density at radius 2 is 0.757 bits per heavy atom. The van der Waals surface area contributed by atoms with Gasteiger partial charge < -0.3 is 62.2 Å². The summed E-state index contributed by atoms with van der Waals surface area (Å²) in [6.45, 7) is 20.2. The maximum atomic E-state index is 11.2. The van der Waals surface area contributed by atoms with Crippen LogP contribution in [-0.4, -0.2) is 98.1 Å². The molecule has 8 rings (SSSR count). The van der Waals surface area contributed by atoms with Gasteiger partial charge in [-0.3, -0.25) is 14.4 Å². The van der Waals surface area contributed by atoms with Crippen LogP contribution in [0.1, 0.15) is 197 Å². The van der Waals surface area contributed by atoms with Crippen molar-refractivity contribution in [3.63, 3.8) is 0 Å². The summed E-state index contributed by atoms with van der Waals surface area (Å²) in [5.41, 5.74) is 5.36. The number of aryl methyl sites for hydroxylation is 2. The first-order valence-electron chi connectivity index (χ1n) is 35.5. The van der Waals surface area contributed by atoms with Gasteiger partial charge in [0.15, 0.2) is 5.78 Å². The number of benzene rings is 7. The Kier molecular flexibility index (Phi) is 48.5. The number of rotatable bonds is 35. The van der Waals surface area contributed by atoms with Crippen LogP contribution in [0.2, 0.25) is 0 Å². The maximum absolute atomic E-state index is 11.2. The third-order valence-corrected chi connectivity index (χ3v) is 16.1. The monoisotopic (exact) mass is 1480 g/mol. The standard InChI is InChI=1S/C14H18O.C13H18O4.C13H18O2.C12H14O3.C12H16O2.C11H13BrO2.C11H14O2/c1-11(15)12-7-9-14(10-8-12)13-5-3-2-4-6-13;1-10(15)4-3-7-17-12-6-5-11(9-14)13(8-12)16-2;1-3-12-6-8-13(9-7-12)15-10-4-5-11(2)14;1-9(13)7-8-15-12-5-3-11(4-6-12)10(2)14;1-10-5-7-12(8-6-10)14-9-3-4-11(2)13;1-9(13)3-2-8-14-11-6-4-10(12)5-7-11;1-10(12)6-5-9-13-11-7-3-2-4-8-11/h2-6,12,14H,7-10H2,1H3;5-6,8,14H,3-4,7,9H2,1-2H3;6-9H,3-5,10H2,1-2H3;3-6H,7-8H2,1-2H3;5-8H,3-4,9H2,1-2H3;4-7H,2-3,8H2,1H3;2-4,7-8H,5-6,9H2,1H3. The van der Waals surface area contributed by atoms with Crippen molar-refractivity contribution >= 4 is 62.2 Å². The van der Waals surface area contributed by atoms with Crippen LogP contribution in [0.4, 0.5) is 0 Å². The molecule has 1 aliphatic carbocycles. The lowest BCUT2D eigenvalue weighted by molar-refractivity contribution is -0.122. The zero-order chi connectivity index (χ0) is 76.0. The van der Waals surface area contributed by atoms with Crippen LogP contribution in [0, 0.1) is 12.8 Å². The Balaban J connectivity index is 0.000000409. The number of para-hydroxylation sites is 1. The van der Waals surface area contributed by atoms with Gasteiger partial charge >= 0.3 is 0 Å². The van der Waals surface area contributed by atoms with Gasteiger partial charge in [0, 0.05) is 66.1 Å². The Hall–Kier alpha value is -9.06. The highest BCUT2D eigenvalue weighted by molar-refractivity contribution is 9.10. The molecule has 0 heterocycles. The van der Waals surface area contributed by atoms with E-state index in [2.05, 4.69) is 65.3 Å². The van der Waals surface area contributed by atoms with Crippen LogP contribution in [0.3, 0.4) is 0 Å². The molecule has 7 aromatic rings. The maximum Gasteiger partial charge on any atom is 0.159 e. The normalized spacial score (nSPS) is 12.2. The quantitative estimate of drug-likeness (QED) is 0.0288. The molecule has 16 nitrogen and oxygen atoms in total. The van der Waals surface area contributed by atoms with E-state index in [1.165, 1.54) is 43.4 Å². The number of carbonyl (C=O) groups excluding carboxylic acids is 8. The lowest BCUT2D eigenvalue weighted by Crippen LogP contribution is -2.18. The molecule has 1 N–H and O–H groups in total. The van der Waals surface area contributed by atoms with Crippen LogP contribution in [0.15, 0.2) is 180 Å². The molecule has 1 aliphatic rings. The first-order valence-corrected chi connectivity index (χ1v) is 36.3. The number of ether oxygens (including phenoxy) is 7. The van der Waals surface area contributed by atoms with E-state index in [-0.39, 0.29) is 47.1 Å². The summed E-state index contributed by atoms with van der Waals surface area (Å²) in [6, 6.07) is 56.2. The highest BCUT2D eigenvalue weighted by Crippen LogP contribution is 2.36. The number of ketones is 8. The number of carbonyl (C=O) groups is 8. The van der Waals surface area contributed by atoms with E-state index in [9.17, 15) is 38.4 Å². The van der Waals surface area contributed by atoms with E-state index < -0.39 is 0 Å². The number of aliphatic hydroxyl groups excluding tert-OH is 1. The zero-order valence-corrected chi connectivity index (χ0v) is 64.2. The SMILES string of the molecule is CC(=O)C1CCC(c2ccccc2)CC1.CC(=O)CCCOc1ccc(Br)cc1.CC(=O)CCCOc1ccc(C)cc1.CC(=O)CCCOc1ccccc1.CC(=O)CCOc1ccc(C(C)=O)cc1.CCc1ccc(OCCCC(C)=O)cc1.COc1cc(OCCCC(C)=O)ccc1CO. The molecular formula is C86H111BrO16. The van der Waals surface area contributed by atoms with Crippen LogP contribution >= 0.6 is 15.9 Å². The van der Waals surface area contributed by atoms with Crippen molar-refractivity contribution in [2.24, 2.45) is 5.92 Å². The minimum atomic E-state index is -0.0617. The van der Waals surface area contributed by atoms with Crippen molar-refractivity contribution < 1.29 is 76.6 Å². The largest absolute Gasteiger partial charge is 0.496 e. The van der Waals surface area contributed by atoms with Crippen LogP contribution in [0.25, 0.3) is 0 Å². The average molecular weight is 1480 g/mol. The van der Waals surface area contributed by atoms with Crippen LogP contribution < -0.4 is 33.2 Å². The molecule has 0 radical (unpaired) electrons. The molecule has 0 bridgehead atoms. The molecule has 0 spiro atoms. The van der Waals surface area contributed by atoms with Gasteiger partial charge in [-0.1, -0.05) is 101 Å². The number of hydrogen-bond acceptors (Lipinski definition) is 16. The van der Waals surface area contributed by atoms with Gasteiger partial charge in [-0.15, -0.1) is 0 Å². The van der Waals surface area contributed by atoms with Gasteiger partial charge in [0.25, 0.3) is 0 Å². The average Bonchev–Trinajstić information content (AvgIpc) is 0.872. The summed E-state index contributed by atoms with van der Waals surface area (Å²) >= 11 is 3.35. The fourth-order valence-electron chi connectivity index (χ4n) is 9.66. The Bertz CT molecular complexity index is 3430. The first kappa shape index (κ1) is 90.0. The van der Waals surface area contributed by atoms with Gasteiger partial charge in [-0.05, 0) is 241 Å². The summed E-state index contributed by atoms with van der Waals surface area (Å²) in [7, 11) is 1.55. The fraction of sp³-hybridized carbons (Fsp3) is 0.419. The van der Waals surface area contributed by atoms with Gasteiger partial charge in [0.2, 0.25) is 0 Å². The van der Waals surface area contributed by atoms with Gasteiger partial charge in [-0.2, -0.15) is 0 Å². The molecular weight excluding hydrogens is 1370 g/mol. The van der Waals surface area contributed by atoms with E-state index in [1.807, 2.05) is 97.9 Å². The van der Waals surface area contributed by atoms with Crippen molar-refractivity contribution in [2.45, 2.75) is 184 Å². The lowest BCUT2D eigenvalue weighted by Gasteiger charge is -2.27. The molecule has 17 heteroatoms. The fourth-order valence-corrected chi connectivity index (χ4v) is 9.93. The van der Waals surface area contributed by atoms with Crippen molar-refractivity contribution in [1.82, 2.24) is 0 Å². The van der Waals surface area contributed by atoms with Crippen molar-refractivity contribution in [2.75, 3.05) is 46.8 Å². The molecule has 0 amide bonds. The van der Waals surface area contributed by atoms with E-state index >= 15 is 0 Å². The molecule has 0 saturated heterocycles. The zero-order valence-electron chi connectivity index (χ0n) is 62.6. The number of methoxy groups -OCH3 is 1. The Morgan fingerprint density at radius 3 is 1.13 bits per heavy atom. The molecule has 1 saturated carbocycles. The molecule has 0 atom stereocenters. The highest BCUT2D eigenvalue weighted by Gasteiger charge is 2.24. The number of Topliss-reactive ketones (excluding diaryl/α,β-unsaturated/α-hetero) is 8. The van der Waals surface area contributed by atoms with Crippen molar-refractivity contribution in [3.05, 3.63) is 208 Å². The minimum absolute atomic E-state index is 0.0327. The van der Waals surface area contributed by atoms with Crippen LogP contribution in [0.5, 0.6) is 40.2 Å². The Morgan fingerprint density at radius 1 is 0.408 bits per heavy atom. The molecule has 7 aromatic carbocycles. The highest BCUT2D eigenvalue weighted by atomic mass is 79.9. The van der Waals surface area contributed by atoms with Gasteiger partial charge in [0.05, 0.1) is 53.4 Å². The molecule has 0 aromatic heterocycles. The van der Waals surface area contributed by atoms with Gasteiger partial charge in [0.1, 0.15) is 80.7 Å². The minimum Gasteiger partial charge on any atom is -0.496 e. The number of hydrogen-bond donors (Lipinski definition) is 1. The van der Waals surface area contributed by atoms with Gasteiger partial charge in [-0.25, -0.2) is 0 Å². The summed E-state index contributed by atoms with van der Waals surface area (Å²) in [6.07, 6.45) is 12.8. The smallest absolute Gasteiger partial charge is 0.159 e. The summed E-state index contributed by atoms with van der Waals surface area (Å²) < 4.78 is 38.8. The van der Waals surface area contributed by atoms with E-state index in [1.54, 1.807) is 91.1 Å². The molecule has 558 valence electrons. The number of halogens is 1. The van der Waals surface area contributed by atoms with Crippen molar-refractivity contribution in [3.8, 4) is 40.2 Å². The molecule has 0 aliphatic heterocycles. The van der Waals surface area contributed by atoms with E-state index in [0.29, 0.717) is 125 Å². The summed E-state index contributed by atoms with van der Waals surface area (Å²) in [5.74, 6) is 8.02. The third kappa shape index (κ3) is 46.2. The second kappa shape index (κ2) is 55.5. The predicted octanol–water partition coefficient (Wildman–Crippen LogP) is 19.1. The van der Waals surface area contributed by atoms with E-state index in [0.717, 1.165) is 78.0 Å². The third-order valence-electron chi connectivity index (χ3n) is 15.6. The number of aliphatic hydroxyl groups is 1. The molecule has 1 fully saturated rings. The molecule has 0 unspecified atom stereocenters. The molecule has 103 heavy (non-hydrogen) atoms. The van der Waals surface area contributed by atoms with Crippen molar-refractivity contribution in [1.29, 1.82) is 0 Å². The Labute approximate surface area is 621 Å². The second-order valence-corrected chi connectivity index (χ2v) is 25.8. The topological polar surface area (TPSA) is 221 Å². The van der Waals surface area contributed by atoms with Crippen LogP contribution in [-0.2, 0) is 46.6 Å². The first-order chi connectivity index (χ1) is 49.4. The second-order valence-electron chi connectivity index (χ2n) is 24.9. The predicted molar refractivity (Wildman–Crippen MR) is 413 cm³/mol. The summed E-state index contributed by atoms with van der Waals surface area (Å²) in [4.78, 5) is 86.2. The summed E-state index contributed by atoms with van der Waals surface area (Å²) in [5, 5.41) is 9.06. The lowest BCUT2D eigenvalue weighted by atomic mass is 9.77.